The van der Waals surface area contributed by atoms with Crippen LogP contribution in [0.4, 0.5) is 5.69 Å². The van der Waals surface area contributed by atoms with Crippen LogP contribution in [0.1, 0.15) is 16.6 Å². The van der Waals surface area contributed by atoms with Crippen molar-refractivity contribution in [1.29, 1.82) is 0 Å². The lowest BCUT2D eigenvalue weighted by atomic mass is 10.2. The third-order valence-electron chi connectivity index (χ3n) is 2.85. The average Bonchev–Trinajstić information content (AvgIpc) is 2.76. The summed E-state index contributed by atoms with van der Waals surface area (Å²) in [7, 11) is 1.75. The Bertz CT molecular complexity index is 582. The lowest BCUT2D eigenvalue weighted by molar-refractivity contribution is 0.0715. The normalized spacial score (nSPS) is 10.8. The van der Waals surface area contributed by atoms with Gasteiger partial charge in [-0.3, -0.25) is 9.78 Å². The van der Waals surface area contributed by atoms with Crippen LogP contribution in [0.2, 0.25) is 0 Å². The predicted octanol–water partition coefficient (Wildman–Crippen LogP) is 1.99. The van der Waals surface area contributed by atoms with Gasteiger partial charge in [0, 0.05) is 38.0 Å². The summed E-state index contributed by atoms with van der Waals surface area (Å²) in [6.45, 7) is 3.67. The van der Waals surface area contributed by atoms with Crippen molar-refractivity contribution in [2.24, 2.45) is 0 Å². The van der Waals surface area contributed by atoms with Crippen LogP contribution >= 0.6 is 11.3 Å². The molecule has 6 heteroatoms. The molecule has 5 nitrogen and oxygen atoms in total. The van der Waals surface area contributed by atoms with Gasteiger partial charge in [0.1, 0.15) is 4.88 Å². The molecule has 0 radical (unpaired) electrons. The first kappa shape index (κ1) is 13.8. The van der Waals surface area contributed by atoms with Crippen molar-refractivity contribution in [3.05, 3.63) is 23.3 Å². The van der Waals surface area contributed by atoms with E-state index in [1.165, 1.54) is 11.3 Å². The molecule has 2 aromatic rings. The highest BCUT2D eigenvalue weighted by molar-refractivity contribution is 7.21. The highest BCUT2D eigenvalue weighted by Crippen LogP contribution is 2.33. The number of nitrogens with zero attached hydrogens (tertiary/aromatic N) is 2. The van der Waals surface area contributed by atoms with Gasteiger partial charge in [-0.15, -0.1) is 11.3 Å². The predicted molar refractivity (Wildman–Crippen MR) is 77.5 cm³/mol. The second-order valence-electron chi connectivity index (χ2n) is 4.14. The molecule has 0 aliphatic carbocycles. The molecule has 0 saturated heterocycles. The Morgan fingerprint density at radius 2 is 2.37 bits per heavy atom. The van der Waals surface area contributed by atoms with Gasteiger partial charge in [-0.1, -0.05) is 0 Å². The zero-order chi connectivity index (χ0) is 13.8. The summed E-state index contributed by atoms with van der Waals surface area (Å²) in [4.78, 5) is 18.6. The first-order valence-corrected chi connectivity index (χ1v) is 6.92. The third-order valence-corrected chi connectivity index (χ3v) is 3.99. The van der Waals surface area contributed by atoms with Crippen LogP contribution < -0.4 is 5.73 Å². The smallest absolute Gasteiger partial charge is 0.265 e. The summed E-state index contributed by atoms with van der Waals surface area (Å²) >= 11 is 1.38. The number of ether oxygens (including phenoxy) is 1. The van der Waals surface area contributed by atoms with Crippen LogP contribution in [0.5, 0.6) is 0 Å². The molecule has 1 amide bonds. The highest BCUT2D eigenvalue weighted by atomic mass is 32.1. The summed E-state index contributed by atoms with van der Waals surface area (Å²) in [6, 6.07) is 1.83. The van der Waals surface area contributed by atoms with Gasteiger partial charge in [0.15, 0.2) is 0 Å². The van der Waals surface area contributed by atoms with Crippen molar-refractivity contribution in [3.8, 4) is 0 Å². The molecule has 2 N–H and O–H groups in total. The zero-order valence-electron chi connectivity index (χ0n) is 11.0. The minimum Gasteiger partial charge on any atom is -0.397 e. The van der Waals surface area contributed by atoms with Gasteiger partial charge in [-0.25, -0.2) is 0 Å². The number of carbonyl (C=O) groups excluding carboxylic acids is 1. The lowest BCUT2D eigenvalue weighted by Crippen LogP contribution is -2.30. The highest BCUT2D eigenvalue weighted by Gasteiger charge is 2.19. The third kappa shape index (κ3) is 2.85. The minimum absolute atomic E-state index is 0.0709. The quantitative estimate of drug-likeness (QED) is 0.850. The Hall–Kier alpha value is -1.66. The van der Waals surface area contributed by atoms with Crippen LogP contribution in [0, 0.1) is 0 Å². The molecule has 0 fully saturated rings. The van der Waals surface area contributed by atoms with Crippen LogP contribution in [-0.4, -0.2) is 42.6 Å². The van der Waals surface area contributed by atoms with Gasteiger partial charge >= 0.3 is 0 Å². The molecule has 2 heterocycles. The lowest BCUT2D eigenvalue weighted by Gasteiger charge is -2.16. The summed E-state index contributed by atoms with van der Waals surface area (Å²) in [6.07, 6.45) is 3.41. The molecule has 0 atom stereocenters. The molecular weight excluding hydrogens is 262 g/mol. The number of fused-ring (bicyclic) bond motifs is 1. The number of amides is 1. The van der Waals surface area contributed by atoms with Crippen LogP contribution in [0.25, 0.3) is 10.1 Å². The van der Waals surface area contributed by atoms with Gasteiger partial charge < -0.3 is 15.4 Å². The van der Waals surface area contributed by atoms with E-state index >= 15 is 0 Å². The monoisotopic (exact) mass is 279 g/mol. The van der Waals surface area contributed by atoms with Gasteiger partial charge in [0.2, 0.25) is 0 Å². The molecule has 0 aliphatic rings. The maximum absolute atomic E-state index is 12.3. The van der Waals surface area contributed by atoms with E-state index in [0.717, 1.165) is 10.1 Å². The number of rotatable bonds is 5. The maximum Gasteiger partial charge on any atom is 0.265 e. The van der Waals surface area contributed by atoms with Crippen molar-refractivity contribution < 1.29 is 9.53 Å². The van der Waals surface area contributed by atoms with Gasteiger partial charge in [0.25, 0.3) is 5.91 Å². The SMILES string of the molecule is CCOCCN(C)C(=O)c1sc2cnccc2c1N. The first-order chi connectivity index (χ1) is 9.15. The molecule has 0 aliphatic heterocycles. The van der Waals surface area contributed by atoms with Gasteiger partial charge in [0.05, 0.1) is 17.0 Å². The van der Waals surface area contributed by atoms with E-state index in [1.807, 2.05) is 13.0 Å². The minimum atomic E-state index is -0.0709. The second kappa shape index (κ2) is 5.99. The molecule has 19 heavy (non-hydrogen) atoms. The Morgan fingerprint density at radius 3 is 3.05 bits per heavy atom. The maximum atomic E-state index is 12.3. The molecule has 0 aromatic carbocycles. The van der Waals surface area contributed by atoms with E-state index in [0.29, 0.717) is 30.3 Å². The fourth-order valence-electron chi connectivity index (χ4n) is 1.75. The van der Waals surface area contributed by atoms with E-state index in [2.05, 4.69) is 4.98 Å². The van der Waals surface area contributed by atoms with E-state index in [9.17, 15) is 4.79 Å². The number of anilines is 1. The van der Waals surface area contributed by atoms with E-state index < -0.39 is 0 Å². The molecule has 0 spiro atoms. The number of hydrogen-bond acceptors (Lipinski definition) is 5. The largest absolute Gasteiger partial charge is 0.397 e. The molecule has 0 saturated carbocycles. The molecule has 0 bridgehead atoms. The number of hydrogen-bond donors (Lipinski definition) is 1. The molecule has 102 valence electrons. The zero-order valence-corrected chi connectivity index (χ0v) is 11.9. The number of thiophene rings is 1. The first-order valence-electron chi connectivity index (χ1n) is 6.10. The van der Waals surface area contributed by atoms with Gasteiger partial charge in [-0.2, -0.15) is 0 Å². The van der Waals surface area contributed by atoms with E-state index in [-0.39, 0.29) is 5.91 Å². The summed E-state index contributed by atoms with van der Waals surface area (Å²) in [5.74, 6) is -0.0709. The second-order valence-corrected chi connectivity index (χ2v) is 5.19. The Labute approximate surface area is 116 Å². The van der Waals surface area contributed by atoms with Crippen molar-refractivity contribution >= 4 is 33.0 Å². The fraction of sp³-hybridized carbons (Fsp3) is 0.385. The molecule has 2 rings (SSSR count). The van der Waals surface area contributed by atoms with Crippen molar-refractivity contribution in [2.75, 3.05) is 32.5 Å². The number of aromatic nitrogens is 1. The molecule has 2 aromatic heterocycles. The van der Waals surface area contributed by atoms with Gasteiger partial charge in [-0.05, 0) is 13.0 Å². The van der Waals surface area contributed by atoms with E-state index in [4.69, 9.17) is 10.5 Å². The summed E-state index contributed by atoms with van der Waals surface area (Å²) in [5, 5.41) is 0.890. The van der Waals surface area contributed by atoms with Crippen molar-refractivity contribution in [3.63, 3.8) is 0 Å². The van der Waals surface area contributed by atoms with Crippen LogP contribution in [-0.2, 0) is 4.74 Å². The van der Waals surface area contributed by atoms with Crippen LogP contribution in [0.15, 0.2) is 18.5 Å². The number of carbonyl (C=O) groups is 1. The number of nitrogen functional groups attached to an aromatic ring is 1. The molecule has 0 unspecified atom stereocenters. The average molecular weight is 279 g/mol. The fourth-order valence-corrected chi connectivity index (χ4v) is 2.84. The topological polar surface area (TPSA) is 68.5 Å². The van der Waals surface area contributed by atoms with Crippen molar-refractivity contribution in [2.45, 2.75) is 6.92 Å². The van der Waals surface area contributed by atoms with Crippen LogP contribution in [0.3, 0.4) is 0 Å². The Kier molecular flexibility index (Phi) is 4.34. The van der Waals surface area contributed by atoms with Crippen molar-refractivity contribution in [1.82, 2.24) is 9.88 Å². The Balaban J connectivity index is 2.19. The number of likely N-dealkylation sites (N-methyl/N-ethyl adjacent to an activating group) is 1. The Morgan fingerprint density at radius 1 is 1.58 bits per heavy atom. The number of pyridine rings is 1. The summed E-state index contributed by atoms with van der Waals surface area (Å²) in [5.41, 5.74) is 6.57. The standard InChI is InChI=1S/C13H17N3O2S/c1-3-18-7-6-16(2)13(17)12-11(14)9-4-5-15-8-10(9)19-12/h4-5,8H,3,6-7,14H2,1-2H3. The van der Waals surface area contributed by atoms with E-state index in [1.54, 1.807) is 24.3 Å². The summed E-state index contributed by atoms with van der Waals surface area (Å²) < 4.78 is 6.18. The number of nitrogens with two attached hydrogens (primary N) is 1. The molecular formula is C13H17N3O2S.